The molecule has 2 aromatic rings. The first-order valence-corrected chi connectivity index (χ1v) is 6.12. The van der Waals surface area contributed by atoms with Crippen molar-refractivity contribution in [3.05, 3.63) is 41.4 Å². The molecule has 2 aromatic heterocycles. The number of esters is 1. The molecule has 1 amide bonds. The van der Waals surface area contributed by atoms with Crippen molar-refractivity contribution >= 4 is 11.9 Å². The SMILES string of the molecule is Cc1oc(-n2cccc2)c(C#N)c1C(=O)O[C@H](C)C(N)=O. The van der Waals surface area contributed by atoms with E-state index in [0.717, 1.165) is 0 Å². The highest BCUT2D eigenvalue weighted by atomic mass is 16.5. The number of rotatable bonds is 4. The first kappa shape index (κ1) is 14.4. The molecule has 0 fully saturated rings. The summed E-state index contributed by atoms with van der Waals surface area (Å²) in [6.45, 7) is 2.90. The maximum Gasteiger partial charge on any atom is 0.343 e. The molecule has 21 heavy (non-hydrogen) atoms. The minimum Gasteiger partial charge on any atom is -0.449 e. The fourth-order valence-electron chi connectivity index (χ4n) is 1.81. The second-order valence-electron chi connectivity index (χ2n) is 4.37. The molecule has 0 radical (unpaired) electrons. The van der Waals surface area contributed by atoms with Crippen LogP contribution in [0, 0.1) is 18.3 Å². The summed E-state index contributed by atoms with van der Waals surface area (Å²) in [5.74, 6) is -1.14. The normalized spacial score (nSPS) is 11.7. The first-order valence-electron chi connectivity index (χ1n) is 6.12. The van der Waals surface area contributed by atoms with Crippen LogP contribution in [0.4, 0.5) is 0 Å². The fraction of sp³-hybridized carbons (Fsp3) is 0.214. The van der Waals surface area contributed by atoms with Gasteiger partial charge in [-0.15, -0.1) is 0 Å². The average Bonchev–Trinajstić information content (AvgIpc) is 3.04. The number of nitriles is 1. The molecule has 2 heterocycles. The van der Waals surface area contributed by atoms with Gasteiger partial charge in [-0.1, -0.05) is 0 Å². The molecule has 1 atom stereocenters. The Kier molecular flexibility index (Phi) is 3.80. The van der Waals surface area contributed by atoms with Crippen molar-refractivity contribution in [3.8, 4) is 12.0 Å². The number of primary amides is 1. The lowest BCUT2D eigenvalue weighted by Gasteiger charge is -2.08. The van der Waals surface area contributed by atoms with Crippen molar-refractivity contribution < 1.29 is 18.7 Å². The lowest BCUT2D eigenvalue weighted by molar-refractivity contribution is -0.125. The molecule has 0 spiro atoms. The fourth-order valence-corrected chi connectivity index (χ4v) is 1.81. The van der Waals surface area contributed by atoms with Gasteiger partial charge < -0.3 is 14.9 Å². The maximum absolute atomic E-state index is 12.1. The predicted molar refractivity (Wildman–Crippen MR) is 71.6 cm³/mol. The Morgan fingerprint density at radius 2 is 2.05 bits per heavy atom. The van der Waals surface area contributed by atoms with E-state index in [1.807, 2.05) is 6.07 Å². The van der Waals surface area contributed by atoms with Gasteiger partial charge in [0.25, 0.3) is 5.91 Å². The topological polar surface area (TPSA) is 111 Å². The Morgan fingerprint density at radius 1 is 1.43 bits per heavy atom. The molecule has 0 aliphatic carbocycles. The van der Waals surface area contributed by atoms with Gasteiger partial charge in [0.2, 0.25) is 5.88 Å². The third-order valence-electron chi connectivity index (χ3n) is 2.91. The highest BCUT2D eigenvalue weighted by molar-refractivity contribution is 5.96. The van der Waals surface area contributed by atoms with Gasteiger partial charge in [0.05, 0.1) is 0 Å². The Labute approximate surface area is 120 Å². The van der Waals surface area contributed by atoms with Crippen molar-refractivity contribution in [1.82, 2.24) is 4.57 Å². The van der Waals surface area contributed by atoms with Gasteiger partial charge in [-0.2, -0.15) is 5.26 Å². The van der Waals surface area contributed by atoms with Crippen LogP contribution in [0.15, 0.2) is 28.9 Å². The number of nitrogens with zero attached hydrogens (tertiary/aromatic N) is 2. The van der Waals surface area contributed by atoms with Crippen molar-refractivity contribution in [1.29, 1.82) is 5.26 Å². The van der Waals surface area contributed by atoms with E-state index in [4.69, 9.17) is 14.9 Å². The van der Waals surface area contributed by atoms with Crippen molar-refractivity contribution in [2.45, 2.75) is 20.0 Å². The zero-order chi connectivity index (χ0) is 15.6. The van der Waals surface area contributed by atoms with Gasteiger partial charge in [0.1, 0.15) is 23.0 Å². The first-order chi connectivity index (χ1) is 9.95. The van der Waals surface area contributed by atoms with E-state index < -0.39 is 18.0 Å². The molecule has 108 valence electrons. The quantitative estimate of drug-likeness (QED) is 0.851. The Hall–Kier alpha value is -3.01. The van der Waals surface area contributed by atoms with E-state index in [1.165, 1.54) is 6.92 Å². The summed E-state index contributed by atoms with van der Waals surface area (Å²) in [7, 11) is 0. The lowest BCUT2D eigenvalue weighted by Crippen LogP contribution is -2.30. The summed E-state index contributed by atoms with van der Waals surface area (Å²) in [5.41, 5.74) is 5.09. The summed E-state index contributed by atoms with van der Waals surface area (Å²) in [4.78, 5) is 23.0. The average molecular weight is 287 g/mol. The van der Waals surface area contributed by atoms with Crippen LogP contribution in [0.25, 0.3) is 5.88 Å². The summed E-state index contributed by atoms with van der Waals surface area (Å²) < 4.78 is 12.0. The van der Waals surface area contributed by atoms with Crippen LogP contribution in [0.3, 0.4) is 0 Å². The van der Waals surface area contributed by atoms with Gasteiger partial charge in [0, 0.05) is 12.4 Å². The maximum atomic E-state index is 12.1. The molecular weight excluding hydrogens is 274 g/mol. The number of nitrogens with two attached hydrogens (primary N) is 1. The highest BCUT2D eigenvalue weighted by Crippen LogP contribution is 2.26. The van der Waals surface area contributed by atoms with Crippen LogP contribution < -0.4 is 5.73 Å². The molecule has 2 N–H and O–H groups in total. The summed E-state index contributed by atoms with van der Waals surface area (Å²) in [6, 6.07) is 5.44. The number of carbonyl (C=O) groups is 2. The Bertz CT molecular complexity index is 722. The molecule has 7 nitrogen and oxygen atoms in total. The van der Waals surface area contributed by atoms with E-state index in [1.54, 1.807) is 36.0 Å². The van der Waals surface area contributed by atoms with Crippen LogP contribution in [0.1, 0.15) is 28.6 Å². The van der Waals surface area contributed by atoms with Crippen molar-refractivity contribution in [2.24, 2.45) is 5.73 Å². The van der Waals surface area contributed by atoms with Gasteiger partial charge in [0.15, 0.2) is 6.10 Å². The zero-order valence-corrected chi connectivity index (χ0v) is 11.5. The second kappa shape index (κ2) is 5.54. The zero-order valence-electron chi connectivity index (χ0n) is 11.5. The summed E-state index contributed by atoms with van der Waals surface area (Å²) in [5, 5.41) is 9.28. The predicted octanol–water partition coefficient (Wildman–Crippen LogP) is 1.28. The molecule has 0 unspecified atom stereocenters. The molecule has 0 saturated carbocycles. The van der Waals surface area contributed by atoms with E-state index in [2.05, 4.69) is 0 Å². The van der Waals surface area contributed by atoms with E-state index in [0.29, 0.717) is 0 Å². The summed E-state index contributed by atoms with van der Waals surface area (Å²) >= 11 is 0. The molecule has 2 rings (SSSR count). The number of aryl methyl sites for hydroxylation is 1. The lowest BCUT2D eigenvalue weighted by atomic mass is 10.1. The Balaban J connectivity index is 2.43. The van der Waals surface area contributed by atoms with E-state index in [9.17, 15) is 14.9 Å². The molecule has 0 aliphatic rings. The molecule has 0 aliphatic heterocycles. The number of carbonyl (C=O) groups excluding carboxylic acids is 2. The monoisotopic (exact) mass is 287 g/mol. The number of hydrogen-bond donors (Lipinski definition) is 1. The second-order valence-corrected chi connectivity index (χ2v) is 4.37. The largest absolute Gasteiger partial charge is 0.449 e. The number of aromatic nitrogens is 1. The minimum absolute atomic E-state index is 0.00528. The van der Waals surface area contributed by atoms with E-state index in [-0.39, 0.29) is 22.8 Å². The number of ether oxygens (including phenoxy) is 1. The van der Waals surface area contributed by atoms with Crippen LogP contribution in [-0.4, -0.2) is 22.5 Å². The number of hydrogen-bond acceptors (Lipinski definition) is 5. The number of furan rings is 1. The molecule has 0 bridgehead atoms. The molecule has 0 saturated heterocycles. The van der Waals surface area contributed by atoms with Crippen molar-refractivity contribution in [3.63, 3.8) is 0 Å². The van der Waals surface area contributed by atoms with Gasteiger partial charge in [-0.3, -0.25) is 9.36 Å². The summed E-state index contributed by atoms with van der Waals surface area (Å²) in [6.07, 6.45) is 2.27. The number of amides is 1. The third-order valence-corrected chi connectivity index (χ3v) is 2.91. The molecular formula is C14H13N3O4. The minimum atomic E-state index is -1.09. The van der Waals surface area contributed by atoms with Crippen LogP contribution in [0.5, 0.6) is 0 Å². The van der Waals surface area contributed by atoms with Crippen LogP contribution in [0.2, 0.25) is 0 Å². The highest BCUT2D eigenvalue weighted by Gasteiger charge is 2.27. The smallest absolute Gasteiger partial charge is 0.343 e. The van der Waals surface area contributed by atoms with Crippen molar-refractivity contribution in [2.75, 3.05) is 0 Å². The molecule has 0 aromatic carbocycles. The van der Waals surface area contributed by atoms with Gasteiger partial charge in [-0.25, -0.2) is 4.79 Å². The van der Waals surface area contributed by atoms with Crippen LogP contribution in [-0.2, 0) is 9.53 Å². The van der Waals surface area contributed by atoms with Gasteiger partial charge in [-0.05, 0) is 26.0 Å². The standard InChI is InChI=1S/C14H13N3O4/c1-8-11(14(19)21-9(2)12(16)18)10(7-15)13(20-8)17-5-3-4-6-17/h3-6,9H,1-2H3,(H2,16,18)/t9-/m1/s1. The molecule has 7 heteroatoms. The van der Waals surface area contributed by atoms with E-state index >= 15 is 0 Å². The Morgan fingerprint density at radius 3 is 2.57 bits per heavy atom. The van der Waals surface area contributed by atoms with Crippen LogP contribution >= 0.6 is 0 Å². The van der Waals surface area contributed by atoms with Gasteiger partial charge >= 0.3 is 5.97 Å². The third kappa shape index (κ3) is 2.65.